The van der Waals surface area contributed by atoms with E-state index in [4.69, 9.17) is 5.41 Å². The summed E-state index contributed by atoms with van der Waals surface area (Å²) in [5.41, 5.74) is 1.36. The Balaban J connectivity index is 1.91. The fourth-order valence-corrected chi connectivity index (χ4v) is 3.37. The molecule has 8 nitrogen and oxygen atoms in total. The Labute approximate surface area is 173 Å². The normalized spacial score (nSPS) is 12.6. The molecule has 1 atom stereocenters. The van der Waals surface area contributed by atoms with E-state index in [1.807, 2.05) is 6.92 Å². The van der Waals surface area contributed by atoms with E-state index < -0.39 is 11.4 Å². The number of benzene rings is 1. The second-order valence-corrected chi connectivity index (χ2v) is 7.86. The van der Waals surface area contributed by atoms with Gasteiger partial charge >= 0.3 is 0 Å². The quantitative estimate of drug-likeness (QED) is 0.381. The highest BCUT2D eigenvalue weighted by molar-refractivity contribution is 6.14. The van der Waals surface area contributed by atoms with Crippen LogP contribution in [0.2, 0.25) is 0 Å². The fourth-order valence-electron chi connectivity index (χ4n) is 3.37. The van der Waals surface area contributed by atoms with E-state index in [0.29, 0.717) is 34.4 Å². The van der Waals surface area contributed by atoms with Crippen molar-refractivity contribution in [2.75, 3.05) is 12.4 Å². The summed E-state index contributed by atoms with van der Waals surface area (Å²) >= 11 is 0. The van der Waals surface area contributed by atoms with Gasteiger partial charge in [0.05, 0.1) is 23.1 Å². The lowest BCUT2D eigenvalue weighted by atomic mass is 10.00. The summed E-state index contributed by atoms with van der Waals surface area (Å²) in [4.78, 5) is 24.4. The number of fused-ring (bicyclic) bond motifs is 1. The molecule has 2 aromatic heterocycles. The molecule has 3 rings (SSSR count). The van der Waals surface area contributed by atoms with Gasteiger partial charge in [-0.25, -0.2) is 14.4 Å². The molecule has 0 bridgehead atoms. The van der Waals surface area contributed by atoms with Crippen molar-refractivity contribution in [2.45, 2.75) is 38.8 Å². The van der Waals surface area contributed by atoms with E-state index in [1.54, 1.807) is 20.9 Å². The molecule has 0 aliphatic rings. The van der Waals surface area contributed by atoms with Crippen LogP contribution in [-0.4, -0.2) is 50.4 Å². The van der Waals surface area contributed by atoms with E-state index in [1.165, 1.54) is 30.6 Å². The highest BCUT2D eigenvalue weighted by Crippen LogP contribution is 2.22. The predicted octanol–water partition coefficient (Wildman–Crippen LogP) is 2.83. The van der Waals surface area contributed by atoms with Crippen molar-refractivity contribution in [3.8, 4) is 0 Å². The minimum absolute atomic E-state index is 0.0525. The van der Waals surface area contributed by atoms with Crippen molar-refractivity contribution >= 4 is 28.5 Å². The van der Waals surface area contributed by atoms with Crippen molar-refractivity contribution < 1.29 is 14.3 Å². The third-order valence-corrected chi connectivity index (χ3v) is 4.59. The minimum atomic E-state index is -0.908. The number of nitrogens with zero attached hydrogens (tertiary/aromatic N) is 2. The SMILES string of the molecule is CNc1cc(F)ccc1C(=N)c1cnc2[nH]cc(C(=O)NC(C)CC(C)(C)O)c2n1. The Bertz CT molecular complexity index is 1100. The molecule has 1 unspecified atom stereocenters. The van der Waals surface area contributed by atoms with Crippen LogP contribution in [0.25, 0.3) is 11.2 Å². The number of aliphatic hydroxyl groups is 1. The molecule has 3 aromatic rings. The number of amides is 1. The monoisotopic (exact) mass is 412 g/mol. The number of aromatic amines is 1. The van der Waals surface area contributed by atoms with Crippen LogP contribution in [0.4, 0.5) is 10.1 Å². The zero-order valence-electron chi connectivity index (χ0n) is 17.3. The lowest BCUT2D eigenvalue weighted by Crippen LogP contribution is -2.38. The van der Waals surface area contributed by atoms with Crippen LogP contribution in [0.5, 0.6) is 0 Å². The summed E-state index contributed by atoms with van der Waals surface area (Å²) < 4.78 is 13.5. The first kappa shape index (κ1) is 21.4. The third-order valence-electron chi connectivity index (χ3n) is 4.59. The molecule has 0 spiro atoms. The smallest absolute Gasteiger partial charge is 0.255 e. The average Bonchev–Trinajstić information content (AvgIpc) is 3.09. The van der Waals surface area contributed by atoms with Crippen LogP contribution in [0.3, 0.4) is 0 Å². The van der Waals surface area contributed by atoms with Gasteiger partial charge in [0.1, 0.15) is 17.0 Å². The molecule has 0 radical (unpaired) electrons. The summed E-state index contributed by atoms with van der Waals surface area (Å²) in [7, 11) is 1.64. The number of nitrogens with one attached hydrogen (secondary N) is 4. The number of hydrogen-bond donors (Lipinski definition) is 5. The number of halogens is 1. The van der Waals surface area contributed by atoms with Crippen molar-refractivity contribution in [3.63, 3.8) is 0 Å². The Morgan fingerprint density at radius 2 is 2.10 bits per heavy atom. The van der Waals surface area contributed by atoms with Gasteiger partial charge in [-0.1, -0.05) is 0 Å². The Hall–Kier alpha value is -3.33. The average molecular weight is 412 g/mol. The molecule has 1 aromatic carbocycles. The Kier molecular flexibility index (Phi) is 5.84. The number of hydrogen-bond acceptors (Lipinski definition) is 6. The molecule has 0 fully saturated rings. The minimum Gasteiger partial charge on any atom is -0.390 e. The van der Waals surface area contributed by atoms with Crippen LogP contribution < -0.4 is 10.6 Å². The van der Waals surface area contributed by atoms with E-state index in [9.17, 15) is 14.3 Å². The summed E-state index contributed by atoms with van der Waals surface area (Å²) in [6.45, 7) is 5.17. The number of H-pyrrole nitrogens is 1. The van der Waals surface area contributed by atoms with E-state index in [0.717, 1.165) is 0 Å². The Morgan fingerprint density at radius 1 is 1.37 bits per heavy atom. The maximum absolute atomic E-state index is 13.5. The van der Waals surface area contributed by atoms with Crippen molar-refractivity contribution in [1.82, 2.24) is 20.3 Å². The molecule has 0 aliphatic heterocycles. The molecule has 30 heavy (non-hydrogen) atoms. The van der Waals surface area contributed by atoms with Gasteiger partial charge in [-0.2, -0.15) is 0 Å². The van der Waals surface area contributed by atoms with Gasteiger partial charge in [-0.15, -0.1) is 0 Å². The number of carbonyl (C=O) groups is 1. The molecule has 9 heteroatoms. The van der Waals surface area contributed by atoms with Crippen molar-refractivity contribution in [1.29, 1.82) is 5.41 Å². The summed E-state index contributed by atoms with van der Waals surface area (Å²) in [6, 6.07) is 3.82. The second kappa shape index (κ2) is 8.19. The maximum atomic E-state index is 13.5. The van der Waals surface area contributed by atoms with Gasteiger partial charge < -0.3 is 20.7 Å². The first-order valence-corrected chi connectivity index (χ1v) is 9.53. The van der Waals surface area contributed by atoms with Crippen LogP contribution in [0.1, 0.15) is 48.8 Å². The number of carbonyl (C=O) groups excluding carboxylic acids is 1. The third kappa shape index (κ3) is 4.62. The van der Waals surface area contributed by atoms with Gasteiger partial charge in [0, 0.05) is 30.5 Å². The van der Waals surface area contributed by atoms with E-state index in [-0.39, 0.29) is 23.4 Å². The maximum Gasteiger partial charge on any atom is 0.255 e. The number of anilines is 1. The molecule has 1 amide bonds. The molecule has 0 saturated heterocycles. The highest BCUT2D eigenvalue weighted by atomic mass is 19.1. The van der Waals surface area contributed by atoms with Crippen LogP contribution in [0.15, 0.2) is 30.6 Å². The molecular formula is C21H25FN6O2. The van der Waals surface area contributed by atoms with Gasteiger partial charge in [-0.3, -0.25) is 10.2 Å². The van der Waals surface area contributed by atoms with E-state index in [2.05, 4.69) is 25.6 Å². The van der Waals surface area contributed by atoms with Gasteiger partial charge in [0.15, 0.2) is 5.65 Å². The van der Waals surface area contributed by atoms with E-state index >= 15 is 0 Å². The topological polar surface area (TPSA) is 127 Å². The Morgan fingerprint density at radius 3 is 2.77 bits per heavy atom. The molecule has 2 heterocycles. The van der Waals surface area contributed by atoms with Crippen LogP contribution in [-0.2, 0) is 0 Å². The first-order chi connectivity index (χ1) is 14.1. The largest absolute Gasteiger partial charge is 0.390 e. The molecule has 0 saturated carbocycles. The zero-order valence-corrected chi connectivity index (χ0v) is 17.3. The summed E-state index contributed by atoms with van der Waals surface area (Å²) in [5, 5.41) is 24.1. The second-order valence-electron chi connectivity index (χ2n) is 7.86. The van der Waals surface area contributed by atoms with Crippen LogP contribution >= 0.6 is 0 Å². The molecule has 0 aliphatic carbocycles. The molecule has 158 valence electrons. The highest BCUT2D eigenvalue weighted by Gasteiger charge is 2.22. The number of rotatable bonds is 7. The molecular weight excluding hydrogens is 387 g/mol. The number of aromatic nitrogens is 3. The predicted molar refractivity (Wildman–Crippen MR) is 114 cm³/mol. The summed E-state index contributed by atoms with van der Waals surface area (Å²) in [5.74, 6) is -0.768. The zero-order chi connectivity index (χ0) is 22.1. The lowest BCUT2D eigenvalue weighted by molar-refractivity contribution is 0.0593. The van der Waals surface area contributed by atoms with Crippen molar-refractivity contribution in [2.24, 2.45) is 0 Å². The standard InChI is InChI=1S/C21H25FN6O2/c1-11(8-21(2,3)30)27-20(29)14-9-25-19-18(14)28-16(10-26-19)17(23)13-6-5-12(22)7-15(13)24-4/h5-7,9-11,23-24,30H,8H2,1-4H3,(H,25,26)(H,27,29). The molecule has 5 N–H and O–H groups in total. The van der Waals surface area contributed by atoms with Crippen molar-refractivity contribution in [3.05, 3.63) is 53.2 Å². The van der Waals surface area contributed by atoms with Gasteiger partial charge in [-0.05, 0) is 45.4 Å². The first-order valence-electron chi connectivity index (χ1n) is 9.53. The van der Waals surface area contributed by atoms with Crippen LogP contribution in [0, 0.1) is 11.2 Å². The fraction of sp³-hybridized carbons (Fsp3) is 0.333. The lowest BCUT2D eigenvalue weighted by Gasteiger charge is -2.22. The van der Waals surface area contributed by atoms with Gasteiger partial charge in [0.2, 0.25) is 0 Å². The van der Waals surface area contributed by atoms with Gasteiger partial charge in [0.25, 0.3) is 5.91 Å². The summed E-state index contributed by atoms with van der Waals surface area (Å²) in [6.07, 6.45) is 3.34.